The number of halogens is 2. The predicted octanol–water partition coefficient (Wildman–Crippen LogP) is 6.48. The van der Waals surface area contributed by atoms with E-state index >= 15 is 0 Å². The number of nitrogens with one attached hydrogen (secondary N) is 1. The van der Waals surface area contributed by atoms with Crippen LogP contribution in [0.25, 0.3) is 0 Å². The van der Waals surface area contributed by atoms with E-state index in [1.54, 1.807) is 30.3 Å². The molecule has 0 unspecified atom stereocenters. The normalized spacial score (nSPS) is 16.8. The van der Waals surface area contributed by atoms with Crippen molar-refractivity contribution in [2.24, 2.45) is 0 Å². The monoisotopic (exact) mass is 551 g/mol. The third-order valence-electron chi connectivity index (χ3n) is 5.21. The molecule has 1 N–H and O–H groups in total. The Morgan fingerprint density at radius 2 is 1.85 bits per heavy atom. The van der Waals surface area contributed by atoms with Gasteiger partial charge in [0, 0.05) is 20.9 Å². The van der Waals surface area contributed by atoms with E-state index in [0.29, 0.717) is 27.8 Å². The van der Waals surface area contributed by atoms with Gasteiger partial charge < -0.3 is 5.32 Å². The van der Waals surface area contributed by atoms with Crippen LogP contribution < -0.4 is 10.2 Å². The van der Waals surface area contributed by atoms with Crippen molar-refractivity contribution in [3.63, 3.8) is 0 Å². The molecular formula is C26H19BrClN3O2S. The van der Waals surface area contributed by atoms with Gasteiger partial charge in [-0.05, 0) is 67.4 Å². The molecule has 0 aliphatic carbocycles. The third-order valence-corrected chi connectivity index (χ3v) is 7.24. The quantitative estimate of drug-likeness (QED) is 0.291. The molecule has 0 bridgehead atoms. The number of aryl methyl sites for hydroxylation is 1. The summed E-state index contributed by atoms with van der Waals surface area (Å²) >= 11 is 10.7. The molecule has 1 aliphatic rings. The first kappa shape index (κ1) is 24.1. The highest BCUT2D eigenvalue weighted by Gasteiger charge is 2.40. The number of carbonyl (C=O) groups excluding carboxylic acids is 2. The molecule has 5 nitrogen and oxygen atoms in total. The van der Waals surface area contributed by atoms with Gasteiger partial charge >= 0.3 is 0 Å². The maximum Gasteiger partial charge on any atom is 0.269 e. The Hall–Kier alpha value is -3.05. The fraction of sp³-hybridized carbons (Fsp3) is 0.115. The molecule has 4 rings (SSSR count). The SMILES string of the molecule is Cc1ccc(NC(=O)/C(C#N)=C2\S[C@@H](Cc3cccc(Cl)c3)C(=O)N2c2ccc(Br)cc2)cc1. The molecule has 0 radical (unpaired) electrons. The maximum atomic E-state index is 13.5. The van der Waals surface area contributed by atoms with Crippen LogP contribution in [0.15, 0.2) is 87.9 Å². The van der Waals surface area contributed by atoms with E-state index in [4.69, 9.17) is 11.6 Å². The first-order valence-electron chi connectivity index (χ1n) is 10.4. The van der Waals surface area contributed by atoms with Crippen molar-refractivity contribution in [1.82, 2.24) is 0 Å². The fourth-order valence-electron chi connectivity index (χ4n) is 3.52. The second-order valence-corrected chi connectivity index (χ2v) is 10.2. The van der Waals surface area contributed by atoms with Gasteiger partial charge in [-0.3, -0.25) is 14.5 Å². The van der Waals surface area contributed by atoms with Gasteiger partial charge in [0.1, 0.15) is 16.7 Å². The van der Waals surface area contributed by atoms with Crippen LogP contribution >= 0.6 is 39.3 Å². The van der Waals surface area contributed by atoms with E-state index < -0.39 is 11.2 Å². The van der Waals surface area contributed by atoms with Gasteiger partial charge in [-0.2, -0.15) is 5.26 Å². The number of amides is 2. The van der Waals surface area contributed by atoms with Crippen molar-refractivity contribution in [1.29, 1.82) is 5.26 Å². The van der Waals surface area contributed by atoms with E-state index in [-0.39, 0.29) is 11.5 Å². The molecule has 1 aliphatic heterocycles. The van der Waals surface area contributed by atoms with Crippen molar-refractivity contribution >= 4 is 62.5 Å². The van der Waals surface area contributed by atoms with Crippen molar-refractivity contribution in [3.8, 4) is 6.07 Å². The maximum absolute atomic E-state index is 13.5. The zero-order chi connectivity index (χ0) is 24.2. The molecular weight excluding hydrogens is 534 g/mol. The van der Waals surface area contributed by atoms with Crippen LogP contribution in [0.2, 0.25) is 5.02 Å². The topological polar surface area (TPSA) is 73.2 Å². The highest BCUT2D eigenvalue weighted by atomic mass is 79.9. The van der Waals surface area contributed by atoms with Gasteiger partial charge in [0.25, 0.3) is 5.91 Å². The van der Waals surface area contributed by atoms with Gasteiger partial charge in [-0.15, -0.1) is 0 Å². The summed E-state index contributed by atoms with van der Waals surface area (Å²) in [6.07, 6.45) is 0.416. The molecule has 2 amide bonds. The number of thioether (sulfide) groups is 1. The number of nitrogens with zero attached hydrogens (tertiary/aromatic N) is 2. The first-order chi connectivity index (χ1) is 16.4. The van der Waals surface area contributed by atoms with E-state index in [2.05, 4.69) is 21.2 Å². The molecule has 8 heteroatoms. The van der Waals surface area contributed by atoms with Gasteiger partial charge in [-0.1, -0.05) is 69.1 Å². The van der Waals surface area contributed by atoms with Crippen molar-refractivity contribution in [2.75, 3.05) is 10.2 Å². The minimum absolute atomic E-state index is 0.115. The molecule has 34 heavy (non-hydrogen) atoms. The summed E-state index contributed by atoms with van der Waals surface area (Å²) in [5.41, 5.74) is 3.00. The summed E-state index contributed by atoms with van der Waals surface area (Å²) in [5.74, 6) is -0.759. The Morgan fingerprint density at radius 3 is 2.50 bits per heavy atom. The van der Waals surface area contributed by atoms with Crippen LogP contribution in [0, 0.1) is 18.3 Å². The van der Waals surface area contributed by atoms with E-state index in [9.17, 15) is 14.9 Å². The second-order valence-electron chi connectivity index (χ2n) is 7.70. The Labute approximate surface area is 215 Å². The summed E-state index contributed by atoms with van der Waals surface area (Å²) in [4.78, 5) is 28.1. The lowest BCUT2D eigenvalue weighted by molar-refractivity contribution is -0.117. The third kappa shape index (κ3) is 5.36. The van der Waals surface area contributed by atoms with Crippen LogP contribution in [0.5, 0.6) is 0 Å². The minimum atomic E-state index is -0.563. The number of carbonyl (C=O) groups is 2. The van der Waals surface area contributed by atoms with E-state index in [0.717, 1.165) is 15.6 Å². The highest BCUT2D eigenvalue weighted by molar-refractivity contribution is 9.10. The van der Waals surface area contributed by atoms with Gasteiger partial charge in [0.15, 0.2) is 0 Å². The zero-order valence-corrected chi connectivity index (χ0v) is 21.2. The lowest BCUT2D eigenvalue weighted by Crippen LogP contribution is -2.30. The van der Waals surface area contributed by atoms with Crippen LogP contribution in [-0.4, -0.2) is 17.1 Å². The average molecular weight is 553 g/mol. The predicted molar refractivity (Wildman–Crippen MR) is 141 cm³/mol. The molecule has 0 aromatic heterocycles. The summed E-state index contributed by atoms with van der Waals surface area (Å²) in [6.45, 7) is 1.95. The number of benzene rings is 3. The molecule has 1 fully saturated rings. The summed E-state index contributed by atoms with van der Waals surface area (Å²) < 4.78 is 0.856. The van der Waals surface area contributed by atoms with Crippen LogP contribution in [0.4, 0.5) is 11.4 Å². The summed E-state index contributed by atoms with van der Waals surface area (Å²) in [6, 6.07) is 23.8. The lowest BCUT2D eigenvalue weighted by Gasteiger charge is -2.19. The Morgan fingerprint density at radius 1 is 1.15 bits per heavy atom. The molecule has 0 saturated carbocycles. The second kappa shape index (κ2) is 10.5. The molecule has 1 saturated heterocycles. The number of anilines is 2. The molecule has 170 valence electrons. The minimum Gasteiger partial charge on any atom is -0.321 e. The lowest BCUT2D eigenvalue weighted by atomic mass is 10.1. The Bertz CT molecular complexity index is 1320. The number of hydrogen-bond donors (Lipinski definition) is 1. The van der Waals surface area contributed by atoms with E-state index in [1.807, 2.05) is 55.5 Å². The molecule has 3 aromatic carbocycles. The summed E-state index contributed by atoms with van der Waals surface area (Å²) in [7, 11) is 0. The highest BCUT2D eigenvalue weighted by Crippen LogP contribution is 2.42. The Balaban J connectivity index is 1.72. The molecule has 0 spiro atoms. The van der Waals surface area contributed by atoms with Crippen molar-refractivity contribution in [3.05, 3.63) is 104 Å². The van der Waals surface area contributed by atoms with Crippen LogP contribution in [-0.2, 0) is 16.0 Å². The molecule has 3 aromatic rings. The molecule has 1 heterocycles. The first-order valence-corrected chi connectivity index (χ1v) is 12.4. The van der Waals surface area contributed by atoms with Gasteiger partial charge in [-0.25, -0.2) is 0 Å². The zero-order valence-electron chi connectivity index (χ0n) is 18.1. The van der Waals surface area contributed by atoms with Crippen LogP contribution in [0.1, 0.15) is 11.1 Å². The number of rotatable bonds is 5. The van der Waals surface area contributed by atoms with Crippen molar-refractivity contribution < 1.29 is 9.59 Å². The Kier molecular flexibility index (Phi) is 7.42. The van der Waals surface area contributed by atoms with Gasteiger partial charge in [0.05, 0.1) is 5.25 Å². The smallest absolute Gasteiger partial charge is 0.269 e. The van der Waals surface area contributed by atoms with E-state index in [1.165, 1.54) is 16.7 Å². The standard InChI is InChI=1S/C26H19BrClN3O2S/c1-16-5-9-20(10-6-16)30-24(32)22(15-29)26-31(21-11-7-18(27)8-12-21)25(33)23(34-26)14-17-3-2-4-19(28)13-17/h2-13,23H,14H2,1H3,(H,30,32)/b26-22-/t23-/m0/s1. The molecule has 1 atom stereocenters. The fourth-order valence-corrected chi connectivity index (χ4v) is 5.31. The summed E-state index contributed by atoms with van der Waals surface area (Å²) in [5, 5.41) is 13.1. The average Bonchev–Trinajstić information content (AvgIpc) is 3.12. The van der Waals surface area contributed by atoms with Gasteiger partial charge in [0.2, 0.25) is 5.91 Å². The number of hydrogen-bond acceptors (Lipinski definition) is 4. The number of nitriles is 1. The van der Waals surface area contributed by atoms with Crippen molar-refractivity contribution in [2.45, 2.75) is 18.6 Å². The van der Waals surface area contributed by atoms with Crippen LogP contribution in [0.3, 0.4) is 0 Å². The largest absolute Gasteiger partial charge is 0.321 e.